The van der Waals surface area contributed by atoms with Crippen molar-refractivity contribution in [2.75, 3.05) is 25.0 Å². The Labute approximate surface area is 235 Å². The number of carbonyl (C=O) groups is 3. The number of nitrogens with one attached hydrogen (secondary N) is 2. The van der Waals surface area contributed by atoms with Crippen LogP contribution in [0.15, 0.2) is 91.4 Å². The molecule has 1 atom stereocenters. The lowest BCUT2D eigenvalue weighted by Gasteiger charge is -2.40. The predicted molar refractivity (Wildman–Crippen MR) is 148 cm³/mol. The van der Waals surface area contributed by atoms with Crippen LogP contribution >= 0.6 is 0 Å². The lowest BCUT2D eigenvalue weighted by Crippen LogP contribution is -2.60. The second-order valence-corrected chi connectivity index (χ2v) is 9.41. The van der Waals surface area contributed by atoms with Crippen LogP contribution in [0.4, 0.5) is 14.9 Å². The van der Waals surface area contributed by atoms with Crippen LogP contribution in [0.5, 0.6) is 11.5 Å². The summed E-state index contributed by atoms with van der Waals surface area (Å²) in [5, 5.41) is 2.83. The number of anilines is 1. The largest absolute Gasteiger partial charge is 0.457 e. The molecule has 0 radical (unpaired) electrons. The van der Waals surface area contributed by atoms with Crippen LogP contribution in [0, 0.1) is 5.82 Å². The molecule has 1 aliphatic heterocycles. The zero-order valence-corrected chi connectivity index (χ0v) is 22.0. The summed E-state index contributed by atoms with van der Waals surface area (Å²) < 4.78 is 24.3. The van der Waals surface area contributed by atoms with E-state index in [4.69, 9.17) is 9.47 Å². The molecule has 1 saturated heterocycles. The van der Waals surface area contributed by atoms with Crippen molar-refractivity contribution < 1.29 is 28.2 Å². The van der Waals surface area contributed by atoms with E-state index in [9.17, 15) is 18.8 Å². The molecule has 2 N–H and O–H groups in total. The molecule has 3 amide bonds. The molecule has 4 aromatic rings. The Balaban J connectivity index is 1.25. The van der Waals surface area contributed by atoms with Crippen LogP contribution in [0.3, 0.4) is 0 Å². The van der Waals surface area contributed by atoms with Crippen LogP contribution in [0.1, 0.15) is 11.3 Å². The van der Waals surface area contributed by atoms with E-state index in [2.05, 4.69) is 15.3 Å². The molecule has 2 heterocycles. The van der Waals surface area contributed by atoms with Crippen molar-refractivity contribution in [3.8, 4) is 11.5 Å². The lowest BCUT2D eigenvalue weighted by atomic mass is 10.1. The van der Waals surface area contributed by atoms with Gasteiger partial charge in [-0.1, -0.05) is 30.3 Å². The van der Waals surface area contributed by atoms with E-state index in [0.29, 0.717) is 22.9 Å². The fraction of sp³-hybridized carbons (Fsp3) is 0.200. The topological polar surface area (TPSA) is 117 Å². The van der Waals surface area contributed by atoms with Crippen molar-refractivity contribution in [2.24, 2.45) is 0 Å². The summed E-state index contributed by atoms with van der Waals surface area (Å²) in [7, 11) is 0. The zero-order chi connectivity index (χ0) is 28.6. The molecule has 0 spiro atoms. The minimum atomic E-state index is -0.946. The highest BCUT2D eigenvalue weighted by Crippen LogP contribution is 2.24. The molecule has 3 aromatic carbocycles. The summed E-state index contributed by atoms with van der Waals surface area (Å²) in [6, 6.07) is 20.6. The van der Waals surface area contributed by atoms with Crippen LogP contribution in [-0.4, -0.2) is 63.4 Å². The van der Waals surface area contributed by atoms with Crippen LogP contribution in [0.25, 0.3) is 0 Å². The van der Waals surface area contributed by atoms with Gasteiger partial charge in [-0.25, -0.2) is 14.2 Å². The van der Waals surface area contributed by atoms with E-state index in [-0.39, 0.29) is 44.4 Å². The number of hydrogen-bond acceptors (Lipinski definition) is 6. The Kier molecular flexibility index (Phi) is 8.53. The Morgan fingerprint density at radius 3 is 2.34 bits per heavy atom. The number of imidazole rings is 1. The Morgan fingerprint density at radius 2 is 1.66 bits per heavy atom. The molecular formula is C30H28FN5O5. The molecule has 41 heavy (non-hydrogen) atoms. The van der Waals surface area contributed by atoms with E-state index in [1.54, 1.807) is 30.5 Å². The zero-order valence-electron chi connectivity index (χ0n) is 22.0. The van der Waals surface area contributed by atoms with Crippen molar-refractivity contribution >= 4 is 23.6 Å². The first kappa shape index (κ1) is 27.4. The number of ether oxygens (including phenoxy) is 2. The van der Waals surface area contributed by atoms with Gasteiger partial charge in [0, 0.05) is 30.7 Å². The van der Waals surface area contributed by atoms with Crippen LogP contribution in [-0.2, 0) is 27.4 Å². The monoisotopic (exact) mass is 557 g/mol. The van der Waals surface area contributed by atoms with Gasteiger partial charge in [0.05, 0.1) is 19.3 Å². The highest BCUT2D eigenvalue weighted by Gasteiger charge is 2.37. The summed E-state index contributed by atoms with van der Waals surface area (Å²) in [4.78, 5) is 49.3. The highest BCUT2D eigenvalue weighted by molar-refractivity contribution is 5.98. The Hall–Kier alpha value is -5.19. The maximum absolute atomic E-state index is 13.5. The van der Waals surface area contributed by atoms with Gasteiger partial charge in [-0.15, -0.1) is 0 Å². The number of rotatable bonds is 8. The number of H-pyrrole nitrogens is 1. The summed E-state index contributed by atoms with van der Waals surface area (Å²) in [6.07, 6.45) is 2.52. The number of hydrogen-bond donors (Lipinski definition) is 2. The second-order valence-electron chi connectivity index (χ2n) is 9.41. The summed E-state index contributed by atoms with van der Waals surface area (Å²) in [5.41, 5.74) is 1.94. The molecule has 0 saturated carbocycles. The van der Waals surface area contributed by atoms with E-state index in [1.807, 2.05) is 30.3 Å². The van der Waals surface area contributed by atoms with E-state index < -0.39 is 18.0 Å². The minimum Gasteiger partial charge on any atom is -0.457 e. The standard InChI is InChI=1S/C30H28FN5O5/c31-22-6-10-25(11-7-22)41-26-12-8-23(9-13-26)34-29(38)27-18-35(30(39)40-19-21-4-2-1-3-5-21)14-15-36(27)28(37)16-24-17-32-20-33-24/h1-13,17,20,27H,14-16,18-19H2,(H,32,33)(H,34,38)/t27-/m0/s1. The van der Waals surface area contributed by atoms with Gasteiger partial charge in [0.2, 0.25) is 11.8 Å². The average molecular weight is 558 g/mol. The summed E-state index contributed by atoms with van der Waals surface area (Å²) in [6.45, 7) is 0.458. The van der Waals surface area contributed by atoms with Gasteiger partial charge in [-0.2, -0.15) is 0 Å². The number of amides is 3. The molecule has 0 unspecified atom stereocenters. The van der Waals surface area contributed by atoms with E-state index in [0.717, 1.165) is 5.56 Å². The smallest absolute Gasteiger partial charge is 0.410 e. The first-order chi connectivity index (χ1) is 19.9. The normalized spacial score (nSPS) is 14.8. The predicted octanol–water partition coefficient (Wildman–Crippen LogP) is 4.37. The van der Waals surface area contributed by atoms with Gasteiger partial charge in [0.1, 0.15) is 30.0 Å². The number of halogens is 1. The molecule has 0 bridgehead atoms. The fourth-order valence-electron chi connectivity index (χ4n) is 4.40. The number of nitrogens with zero attached hydrogens (tertiary/aromatic N) is 3. The average Bonchev–Trinajstić information content (AvgIpc) is 3.51. The first-order valence-corrected chi connectivity index (χ1v) is 13.0. The third kappa shape index (κ3) is 7.27. The minimum absolute atomic E-state index is 0.0278. The first-order valence-electron chi connectivity index (χ1n) is 13.0. The van der Waals surface area contributed by atoms with Gasteiger partial charge < -0.3 is 29.6 Å². The quantitative estimate of drug-likeness (QED) is 0.332. The highest BCUT2D eigenvalue weighted by atomic mass is 19.1. The number of aromatic amines is 1. The Morgan fingerprint density at radius 1 is 0.951 bits per heavy atom. The maximum Gasteiger partial charge on any atom is 0.410 e. The summed E-state index contributed by atoms with van der Waals surface area (Å²) in [5.74, 6) is -0.115. The Bertz CT molecular complexity index is 1460. The van der Waals surface area contributed by atoms with Crippen molar-refractivity contribution in [2.45, 2.75) is 19.1 Å². The summed E-state index contributed by atoms with van der Waals surface area (Å²) >= 11 is 0. The maximum atomic E-state index is 13.5. The van der Waals surface area contributed by atoms with E-state index >= 15 is 0 Å². The van der Waals surface area contributed by atoms with Gasteiger partial charge in [0.25, 0.3) is 0 Å². The fourth-order valence-corrected chi connectivity index (χ4v) is 4.40. The molecule has 1 aromatic heterocycles. The van der Waals surface area contributed by atoms with Gasteiger partial charge >= 0.3 is 6.09 Å². The van der Waals surface area contributed by atoms with Crippen molar-refractivity contribution in [3.63, 3.8) is 0 Å². The van der Waals surface area contributed by atoms with Crippen molar-refractivity contribution in [1.82, 2.24) is 19.8 Å². The molecule has 5 rings (SSSR count). The number of benzene rings is 3. The van der Waals surface area contributed by atoms with Gasteiger partial charge in [-0.05, 0) is 54.1 Å². The number of aromatic nitrogens is 2. The molecule has 210 valence electrons. The van der Waals surface area contributed by atoms with Crippen LogP contribution < -0.4 is 10.1 Å². The SMILES string of the molecule is O=C(Nc1ccc(Oc2ccc(F)cc2)cc1)[C@@H]1CN(C(=O)OCc2ccccc2)CCN1C(=O)Cc1cnc[nH]1. The molecule has 1 aliphatic rings. The third-order valence-corrected chi connectivity index (χ3v) is 6.53. The molecular weight excluding hydrogens is 529 g/mol. The van der Waals surface area contributed by atoms with Crippen molar-refractivity contribution in [3.05, 3.63) is 108 Å². The molecule has 10 nitrogen and oxygen atoms in total. The second kappa shape index (κ2) is 12.8. The molecule has 1 fully saturated rings. The van der Waals surface area contributed by atoms with Gasteiger partial charge in [-0.3, -0.25) is 9.59 Å². The third-order valence-electron chi connectivity index (χ3n) is 6.53. The number of piperazine rings is 1. The molecule has 0 aliphatic carbocycles. The molecule has 11 heteroatoms. The van der Waals surface area contributed by atoms with Crippen molar-refractivity contribution in [1.29, 1.82) is 0 Å². The van der Waals surface area contributed by atoms with Crippen LogP contribution in [0.2, 0.25) is 0 Å². The van der Waals surface area contributed by atoms with Gasteiger partial charge in [0.15, 0.2) is 0 Å². The van der Waals surface area contributed by atoms with E-state index in [1.165, 1.54) is 40.4 Å². The number of carbonyl (C=O) groups excluding carboxylic acids is 3. The lowest BCUT2D eigenvalue weighted by molar-refractivity contribution is -0.141.